The predicted octanol–water partition coefficient (Wildman–Crippen LogP) is -0.226. The van der Waals surface area contributed by atoms with E-state index in [0.29, 0.717) is 26.1 Å². The van der Waals surface area contributed by atoms with Crippen molar-refractivity contribution in [3.63, 3.8) is 0 Å². The van der Waals surface area contributed by atoms with E-state index in [-0.39, 0.29) is 24.7 Å². The third-order valence-electron chi connectivity index (χ3n) is 2.96. The first-order valence-corrected chi connectivity index (χ1v) is 6.27. The van der Waals surface area contributed by atoms with Gasteiger partial charge in [-0.25, -0.2) is 10.0 Å². The highest BCUT2D eigenvalue weighted by molar-refractivity contribution is 5.40. The van der Waals surface area contributed by atoms with E-state index in [1.165, 1.54) is 12.1 Å². The summed E-state index contributed by atoms with van der Waals surface area (Å²) < 4.78 is 0. The molecule has 0 saturated carbocycles. The average Bonchev–Trinajstić information content (AvgIpc) is 2.39. The summed E-state index contributed by atoms with van der Waals surface area (Å²) in [4.78, 5) is 0. The molecule has 0 atom stereocenters. The topological polar surface area (TPSA) is 87.4 Å². The van der Waals surface area contributed by atoms with Crippen LogP contribution in [0.1, 0.15) is 5.56 Å². The molecule has 0 aliphatic rings. The van der Waals surface area contributed by atoms with Gasteiger partial charge in [0.05, 0.1) is 13.2 Å². The van der Waals surface area contributed by atoms with Crippen LogP contribution in [0.5, 0.6) is 11.5 Å². The monoisotopic (exact) mass is 270 g/mol. The number of hydrogen-bond donors (Lipinski definition) is 4. The van der Waals surface area contributed by atoms with Crippen molar-refractivity contribution >= 4 is 0 Å². The molecule has 0 saturated heterocycles. The van der Waals surface area contributed by atoms with Crippen molar-refractivity contribution in [2.75, 3.05) is 39.9 Å². The van der Waals surface area contributed by atoms with E-state index in [1.807, 2.05) is 17.1 Å². The van der Waals surface area contributed by atoms with Gasteiger partial charge in [0.15, 0.2) is 11.5 Å². The van der Waals surface area contributed by atoms with E-state index in [1.54, 1.807) is 6.07 Å². The number of phenolic OH excluding ortho intramolecular Hbond substituents is 2. The first-order chi connectivity index (χ1) is 9.08. The van der Waals surface area contributed by atoms with Gasteiger partial charge in [-0.3, -0.25) is 0 Å². The first-order valence-electron chi connectivity index (χ1n) is 6.27. The van der Waals surface area contributed by atoms with Gasteiger partial charge in [0.2, 0.25) is 0 Å². The molecule has 6 nitrogen and oxygen atoms in total. The number of nitrogens with zero attached hydrogens (tertiary/aromatic N) is 2. The van der Waals surface area contributed by atoms with Crippen LogP contribution in [0.25, 0.3) is 0 Å². The molecule has 0 aromatic heterocycles. The molecule has 1 aromatic carbocycles. The zero-order valence-electron chi connectivity index (χ0n) is 11.2. The minimum Gasteiger partial charge on any atom is -0.504 e. The molecule has 0 bridgehead atoms. The number of aromatic hydroxyl groups is 2. The molecule has 0 fully saturated rings. The van der Waals surface area contributed by atoms with Crippen LogP contribution in [0.15, 0.2) is 18.2 Å². The Hall–Kier alpha value is -1.34. The Balaban J connectivity index is 2.51. The van der Waals surface area contributed by atoms with E-state index < -0.39 is 0 Å². The Morgan fingerprint density at radius 1 is 0.947 bits per heavy atom. The zero-order valence-corrected chi connectivity index (χ0v) is 11.2. The highest BCUT2D eigenvalue weighted by atomic mass is 16.3. The maximum atomic E-state index is 9.40. The van der Waals surface area contributed by atoms with Crippen molar-refractivity contribution in [1.29, 1.82) is 0 Å². The number of aliphatic hydroxyl groups is 2. The largest absolute Gasteiger partial charge is 0.504 e. The molecule has 6 heteroatoms. The molecular formula is C13H22N2O4. The zero-order chi connectivity index (χ0) is 14.3. The molecule has 4 N–H and O–H groups in total. The van der Waals surface area contributed by atoms with Gasteiger partial charge in [-0.05, 0) is 24.1 Å². The van der Waals surface area contributed by atoms with Crippen LogP contribution in [0.2, 0.25) is 0 Å². The van der Waals surface area contributed by atoms with Crippen molar-refractivity contribution < 1.29 is 20.4 Å². The van der Waals surface area contributed by atoms with E-state index in [2.05, 4.69) is 0 Å². The van der Waals surface area contributed by atoms with Crippen LogP contribution < -0.4 is 0 Å². The molecule has 0 aliphatic carbocycles. The summed E-state index contributed by atoms with van der Waals surface area (Å²) in [7, 11) is 1.88. The Labute approximate surface area is 113 Å². The van der Waals surface area contributed by atoms with E-state index in [4.69, 9.17) is 10.2 Å². The molecule has 0 heterocycles. The average molecular weight is 270 g/mol. The number of rotatable bonds is 8. The summed E-state index contributed by atoms with van der Waals surface area (Å²) in [6.45, 7) is 1.69. The molecule has 19 heavy (non-hydrogen) atoms. The van der Waals surface area contributed by atoms with E-state index in [9.17, 15) is 10.2 Å². The number of hydrogen-bond acceptors (Lipinski definition) is 6. The second kappa shape index (κ2) is 7.96. The summed E-state index contributed by atoms with van der Waals surface area (Å²) in [5.74, 6) is -0.248. The van der Waals surface area contributed by atoms with E-state index in [0.717, 1.165) is 5.56 Å². The van der Waals surface area contributed by atoms with Gasteiger partial charge >= 0.3 is 0 Å². The number of benzene rings is 1. The molecule has 1 aromatic rings. The highest BCUT2D eigenvalue weighted by Crippen LogP contribution is 2.25. The number of likely N-dealkylation sites (N-methyl/N-ethyl adjacent to an activating group) is 1. The SMILES string of the molecule is CN(CCc1ccc(O)c(O)c1)N(CCO)CCO. The smallest absolute Gasteiger partial charge is 0.157 e. The van der Waals surface area contributed by atoms with Crippen molar-refractivity contribution in [2.24, 2.45) is 0 Å². The number of phenols is 2. The fourth-order valence-corrected chi connectivity index (χ4v) is 1.84. The molecule has 108 valence electrons. The fourth-order valence-electron chi connectivity index (χ4n) is 1.84. The lowest BCUT2D eigenvalue weighted by molar-refractivity contribution is -0.0228. The van der Waals surface area contributed by atoms with Crippen LogP contribution >= 0.6 is 0 Å². The molecule has 0 radical (unpaired) electrons. The van der Waals surface area contributed by atoms with Crippen molar-refractivity contribution in [3.05, 3.63) is 23.8 Å². The quantitative estimate of drug-likeness (QED) is 0.386. The number of hydrazine groups is 1. The predicted molar refractivity (Wildman–Crippen MR) is 71.9 cm³/mol. The molecule has 0 amide bonds. The fraction of sp³-hybridized carbons (Fsp3) is 0.538. The third kappa shape index (κ3) is 5.04. The lowest BCUT2D eigenvalue weighted by Crippen LogP contribution is -2.44. The molecule has 0 aliphatic heterocycles. The van der Waals surface area contributed by atoms with Crippen LogP contribution in [-0.2, 0) is 6.42 Å². The summed E-state index contributed by atoms with van der Waals surface area (Å²) in [5.41, 5.74) is 0.912. The second-order valence-corrected chi connectivity index (χ2v) is 4.36. The van der Waals surface area contributed by atoms with Crippen molar-refractivity contribution in [3.8, 4) is 11.5 Å². The van der Waals surface area contributed by atoms with Crippen LogP contribution in [0.3, 0.4) is 0 Å². The normalized spacial score (nSPS) is 11.4. The van der Waals surface area contributed by atoms with Gasteiger partial charge in [-0.15, -0.1) is 0 Å². The van der Waals surface area contributed by atoms with Gasteiger partial charge in [-0.1, -0.05) is 6.07 Å². The summed E-state index contributed by atoms with van der Waals surface area (Å²) in [5, 5.41) is 40.3. The molecule has 0 spiro atoms. The van der Waals surface area contributed by atoms with Crippen LogP contribution in [0.4, 0.5) is 0 Å². The Kier molecular flexibility index (Phi) is 6.58. The lowest BCUT2D eigenvalue weighted by atomic mass is 10.1. The van der Waals surface area contributed by atoms with Gasteiger partial charge in [-0.2, -0.15) is 0 Å². The number of aliphatic hydroxyl groups excluding tert-OH is 2. The lowest BCUT2D eigenvalue weighted by Gasteiger charge is -2.31. The summed E-state index contributed by atoms with van der Waals surface area (Å²) in [6, 6.07) is 4.75. The standard InChI is InChI=1S/C13H22N2O4/c1-14(15(6-8-16)7-9-17)5-4-11-2-3-12(18)13(19)10-11/h2-3,10,16-19H,4-9H2,1H3. The van der Waals surface area contributed by atoms with Crippen molar-refractivity contribution in [2.45, 2.75) is 6.42 Å². The van der Waals surface area contributed by atoms with Crippen LogP contribution in [-0.4, -0.2) is 70.3 Å². The molecule has 0 unspecified atom stereocenters. The maximum absolute atomic E-state index is 9.40. The Bertz CT molecular complexity index is 381. The molecular weight excluding hydrogens is 248 g/mol. The van der Waals surface area contributed by atoms with Crippen molar-refractivity contribution in [1.82, 2.24) is 10.0 Å². The summed E-state index contributed by atoms with van der Waals surface area (Å²) in [6.07, 6.45) is 0.692. The summed E-state index contributed by atoms with van der Waals surface area (Å²) >= 11 is 0. The van der Waals surface area contributed by atoms with E-state index >= 15 is 0 Å². The minimum atomic E-state index is -0.126. The van der Waals surface area contributed by atoms with Crippen LogP contribution in [0, 0.1) is 0 Å². The van der Waals surface area contributed by atoms with Gasteiger partial charge in [0.25, 0.3) is 0 Å². The van der Waals surface area contributed by atoms with Gasteiger partial charge in [0, 0.05) is 26.7 Å². The van der Waals surface area contributed by atoms with Gasteiger partial charge < -0.3 is 20.4 Å². The maximum Gasteiger partial charge on any atom is 0.157 e. The Morgan fingerprint density at radius 3 is 2.11 bits per heavy atom. The Morgan fingerprint density at radius 2 is 1.58 bits per heavy atom. The second-order valence-electron chi connectivity index (χ2n) is 4.36. The molecule has 1 rings (SSSR count). The first kappa shape index (κ1) is 15.7. The minimum absolute atomic E-state index is 0.0321. The highest BCUT2D eigenvalue weighted by Gasteiger charge is 2.10. The third-order valence-corrected chi connectivity index (χ3v) is 2.96. The van der Waals surface area contributed by atoms with Gasteiger partial charge in [0.1, 0.15) is 0 Å².